The van der Waals surface area contributed by atoms with Gasteiger partial charge in [-0.25, -0.2) is 10.2 Å². The van der Waals surface area contributed by atoms with Crippen LogP contribution in [-0.4, -0.2) is 28.5 Å². The zero-order chi connectivity index (χ0) is 18.7. The molecular formula is C20H42N3OPS. The molecule has 154 valence electrons. The number of nitrogens with one attached hydrogen (secondary N) is 2. The van der Waals surface area contributed by atoms with Crippen LogP contribution in [0.2, 0.25) is 0 Å². The van der Waals surface area contributed by atoms with E-state index in [0.717, 1.165) is 13.1 Å². The zero-order valence-corrected chi connectivity index (χ0v) is 18.9. The van der Waals surface area contributed by atoms with E-state index in [1.807, 2.05) is 11.9 Å². The summed E-state index contributed by atoms with van der Waals surface area (Å²) in [7, 11) is -2.73. The van der Waals surface area contributed by atoms with E-state index in [9.17, 15) is 4.57 Å². The third kappa shape index (κ3) is 7.47. The second-order valence-corrected chi connectivity index (χ2v) is 11.7. The van der Waals surface area contributed by atoms with Crippen molar-refractivity contribution >= 4 is 19.5 Å². The van der Waals surface area contributed by atoms with Crippen molar-refractivity contribution < 1.29 is 4.57 Å². The fraction of sp³-hybridized carbons (Fsp3) is 1.00. The van der Waals surface area contributed by atoms with Crippen molar-refractivity contribution in [2.45, 2.75) is 115 Å². The Bertz CT molecular complexity index is 398. The molecule has 0 aliphatic heterocycles. The van der Waals surface area contributed by atoms with Crippen LogP contribution in [0.25, 0.3) is 0 Å². The molecule has 0 amide bonds. The average Bonchev–Trinajstić information content (AvgIpc) is 2.55. The van der Waals surface area contributed by atoms with E-state index in [0.29, 0.717) is 11.3 Å². The van der Waals surface area contributed by atoms with E-state index in [1.54, 1.807) is 0 Å². The molecule has 0 radical (unpaired) electrons. The van der Waals surface area contributed by atoms with Gasteiger partial charge >= 0.3 is 0 Å². The molecule has 0 aromatic rings. The standard InChI is InChI=1S/C20H42N3OPS/c1-3-21-25(24,22-4-2)23(19-15-11-7-5-8-12-16-19)26-20-17-13-9-6-10-14-18-20/h19-20H,3-18H2,1-2H3,(H2,21,22,24). The maximum absolute atomic E-state index is 13.9. The van der Waals surface area contributed by atoms with Gasteiger partial charge in [0.15, 0.2) is 0 Å². The molecule has 0 unspecified atom stereocenters. The lowest BCUT2D eigenvalue weighted by molar-refractivity contribution is 0.352. The minimum atomic E-state index is -2.73. The Morgan fingerprint density at radius 1 is 0.769 bits per heavy atom. The molecule has 2 aliphatic carbocycles. The van der Waals surface area contributed by atoms with Crippen LogP contribution in [0.5, 0.6) is 0 Å². The van der Waals surface area contributed by atoms with Crippen LogP contribution >= 0.6 is 19.5 Å². The topological polar surface area (TPSA) is 44.4 Å². The molecule has 0 atom stereocenters. The third-order valence-electron chi connectivity index (χ3n) is 5.72. The molecular weight excluding hydrogens is 361 g/mol. The first-order chi connectivity index (χ1) is 12.7. The first-order valence-electron chi connectivity index (χ1n) is 11.3. The Balaban J connectivity index is 2.15. The highest BCUT2D eigenvalue weighted by Gasteiger charge is 2.37. The van der Waals surface area contributed by atoms with E-state index in [2.05, 4.69) is 28.1 Å². The molecule has 2 rings (SSSR count). The maximum atomic E-state index is 13.9. The van der Waals surface area contributed by atoms with Crippen molar-refractivity contribution in [1.29, 1.82) is 0 Å². The first-order valence-corrected chi connectivity index (χ1v) is 13.8. The SMILES string of the molecule is CCNP(=O)(NCC)N(SC1CCCCCCC1)C1CCCCCCC1. The Morgan fingerprint density at radius 2 is 1.19 bits per heavy atom. The summed E-state index contributed by atoms with van der Waals surface area (Å²) in [5, 5.41) is 7.35. The second-order valence-electron chi connectivity index (χ2n) is 7.97. The summed E-state index contributed by atoms with van der Waals surface area (Å²) in [6, 6.07) is 0.440. The normalized spacial score (nSPS) is 22.6. The highest BCUT2D eigenvalue weighted by Crippen LogP contribution is 2.51. The predicted molar refractivity (Wildman–Crippen MR) is 117 cm³/mol. The van der Waals surface area contributed by atoms with Crippen LogP contribution < -0.4 is 10.2 Å². The lowest BCUT2D eigenvalue weighted by Crippen LogP contribution is -2.39. The van der Waals surface area contributed by atoms with Crippen molar-refractivity contribution in [1.82, 2.24) is 14.3 Å². The minimum absolute atomic E-state index is 0.440. The van der Waals surface area contributed by atoms with Crippen LogP contribution in [-0.2, 0) is 4.57 Å². The van der Waals surface area contributed by atoms with E-state index >= 15 is 0 Å². The highest BCUT2D eigenvalue weighted by atomic mass is 32.2. The smallest absolute Gasteiger partial charge is 0.270 e. The monoisotopic (exact) mass is 403 g/mol. The quantitative estimate of drug-likeness (QED) is 0.358. The largest absolute Gasteiger partial charge is 0.291 e. The molecule has 2 aliphatic rings. The lowest BCUT2D eigenvalue weighted by atomic mass is 9.97. The van der Waals surface area contributed by atoms with Crippen LogP contribution in [0.15, 0.2) is 0 Å². The molecule has 0 saturated heterocycles. The number of hydrogen-bond acceptors (Lipinski definition) is 2. The van der Waals surface area contributed by atoms with Gasteiger partial charge in [0.05, 0.1) is 0 Å². The summed E-state index contributed by atoms with van der Waals surface area (Å²) in [6.07, 6.45) is 18.4. The zero-order valence-electron chi connectivity index (χ0n) is 17.2. The van der Waals surface area contributed by atoms with Gasteiger partial charge < -0.3 is 0 Å². The summed E-state index contributed by atoms with van der Waals surface area (Å²) in [5.41, 5.74) is 0. The van der Waals surface area contributed by atoms with Gasteiger partial charge in [0.2, 0.25) is 0 Å². The molecule has 0 aromatic carbocycles. The maximum Gasteiger partial charge on any atom is 0.291 e. The minimum Gasteiger partial charge on any atom is -0.270 e. The van der Waals surface area contributed by atoms with Gasteiger partial charge in [-0.3, -0.25) is 4.57 Å². The van der Waals surface area contributed by atoms with Crippen LogP contribution in [0.3, 0.4) is 0 Å². The van der Waals surface area contributed by atoms with Gasteiger partial charge in [0.1, 0.15) is 0 Å². The van der Waals surface area contributed by atoms with Gasteiger partial charge in [-0.05, 0) is 25.7 Å². The molecule has 0 bridgehead atoms. The predicted octanol–water partition coefficient (Wildman–Crippen LogP) is 6.49. The molecule has 0 aromatic heterocycles. The van der Waals surface area contributed by atoms with Crippen LogP contribution in [0, 0.1) is 0 Å². The lowest BCUT2D eigenvalue weighted by Gasteiger charge is -2.40. The van der Waals surface area contributed by atoms with E-state index in [4.69, 9.17) is 0 Å². The third-order valence-corrected chi connectivity index (χ3v) is 10.3. The molecule has 2 saturated carbocycles. The van der Waals surface area contributed by atoms with E-state index < -0.39 is 7.59 Å². The van der Waals surface area contributed by atoms with Crippen molar-refractivity contribution in [3.05, 3.63) is 0 Å². The fourth-order valence-electron chi connectivity index (χ4n) is 4.34. The Morgan fingerprint density at radius 3 is 1.65 bits per heavy atom. The second kappa shape index (κ2) is 12.8. The van der Waals surface area contributed by atoms with Crippen LogP contribution in [0.1, 0.15) is 104 Å². The van der Waals surface area contributed by atoms with Crippen molar-refractivity contribution in [2.24, 2.45) is 0 Å². The molecule has 6 heteroatoms. The summed E-state index contributed by atoms with van der Waals surface area (Å²) >= 11 is 1.94. The summed E-state index contributed by atoms with van der Waals surface area (Å²) in [6.45, 7) is 5.64. The van der Waals surface area contributed by atoms with Gasteiger partial charge in [-0.1, -0.05) is 90.0 Å². The number of rotatable bonds is 8. The molecule has 0 heterocycles. The highest BCUT2D eigenvalue weighted by molar-refractivity contribution is 8.02. The number of nitrogens with zero attached hydrogens (tertiary/aromatic N) is 1. The van der Waals surface area contributed by atoms with Crippen molar-refractivity contribution in [3.63, 3.8) is 0 Å². The molecule has 2 N–H and O–H groups in total. The average molecular weight is 404 g/mol. The fourth-order valence-corrected chi connectivity index (χ4v) is 8.79. The van der Waals surface area contributed by atoms with Gasteiger partial charge in [-0.15, -0.1) is 0 Å². The summed E-state index contributed by atoms with van der Waals surface area (Å²) < 4.78 is 16.3. The molecule has 26 heavy (non-hydrogen) atoms. The Kier molecular flexibility index (Phi) is 11.2. The first kappa shape index (κ1) is 22.7. The summed E-state index contributed by atoms with van der Waals surface area (Å²) in [5.74, 6) is 0. The van der Waals surface area contributed by atoms with Crippen molar-refractivity contribution in [2.75, 3.05) is 13.1 Å². The van der Waals surface area contributed by atoms with Gasteiger partial charge in [0.25, 0.3) is 7.59 Å². The summed E-state index contributed by atoms with van der Waals surface area (Å²) in [4.78, 5) is 0. The Hall–Kier alpha value is 0.460. The van der Waals surface area contributed by atoms with Gasteiger partial charge in [0, 0.05) is 24.4 Å². The van der Waals surface area contributed by atoms with Gasteiger partial charge in [-0.2, -0.15) is 4.08 Å². The van der Waals surface area contributed by atoms with E-state index in [1.165, 1.54) is 89.9 Å². The molecule has 0 spiro atoms. The molecule has 4 nitrogen and oxygen atoms in total. The van der Waals surface area contributed by atoms with Crippen LogP contribution in [0.4, 0.5) is 0 Å². The number of hydrogen-bond donors (Lipinski definition) is 2. The van der Waals surface area contributed by atoms with Crippen molar-refractivity contribution in [3.8, 4) is 0 Å². The molecule has 2 fully saturated rings. The Labute approximate surface area is 166 Å². The van der Waals surface area contributed by atoms with E-state index in [-0.39, 0.29) is 0 Å².